The summed E-state index contributed by atoms with van der Waals surface area (Å²) in [5.41, 5.74) is 0. The molecule has 0 bridgehead atoms. The molecule has 0 aromatic rings. The molecule has 0 aromatic carbocycles. The molecule has 0 saturated carbocycles. The van der Waals surface area contributed by atoms with E-state index in [1.54, 1.807) is 0 Å². The Morgan fingerprint density at radius 1 is 1.20 bits per heavy atom. The maximum absolute atomic E-state index is 7.94. The summed E-state index contributed by atoms with van der Waals surface area (Å²) in [7, 11) is 2.28. The van der Waals surface area contributed by atoms with Crippen molar-refractivity contribution in [1.82, 2.24) is 0 Å². The van der Waals surface area contributed by atoms with Crippen LogP contribution in [-0.4, -0.2) is 17.4 Å². The van der Waals surface area contributed by atoms with Crippen LogP contribution in [0.1, 0.15) is 0 Å². The van der Waals surface area contributed by atoms with Gasteiger partial charge >= 0.3 is 0 Å². The van der Waals surface area contributed by atoms with Gasteiger partial charge in [0.2, 0.25) is 0 Å². The van der Waals surface area contributed by atoms with E-state index in [-0.39, 0.29) is 56.1 Å². The Morgan fingerprint density at radius 3 is 1.20 bits per heavy atom. The van der Waals surface area contributed by atoms with Crippen molar-refractivity contribution in [3.8, 4) is 0 Å². The van der Waals surface area contributed by atoms with Crippen LogP contribution in [0, 0.1) is 0 Å². The average molecular weight is 178 g/mol. The fraction of sp³-hybridized carbons (Fsp3) is 0. The maximum Gasteiger partial charge on any atom is 0.261 e. The van der Waals surface area contributed by atoms with Gasteiger partial charge in [-0.3, -0.25) is 4.57 Å². The minimum atomic E-state index is 0. The van der Waals surface area contributed by atoms with Crippen molar-refractivity contribution in [3.05, 3.63) is 0 Å². The first kappa shape index (κ1) is 28.8. The quantitative estimate of drug-likeness (QED) is 0.386. The summed E-state index contributed by atoms with van der Waals surface area (Å²) < 4.78 is 7.94. The van der Waals surface area contributed by atoms with Gasteiger partial charge in [-0.05, 0) is 0 Å². The Labute approximate surface area is 69.4 Å². The molecular weight excluding hydrogens is 178 g/mol. The van der Waals surface area contributed by atoms with Crippen LogP contribution in [0.4, 0.5) is 0 Å². The molecule has 0 atom stereocenters. The molecule has 0 heterocycles. The SMILES string of the molecule is O=[P].[Al].[Fe].[Ti]. The summed E-state index contributed by atoms with van der Waals surface area (Å²) in [6.07, 6.45) is 0. The zero-order valence-electron chi connectivity index (χ0n) is 2.29. The van der Waals surface area contributed by atoms with Gasteiger partial charge in [0, 0.05) is 56.1 Å². The maximum atomic E-state index is 7.94. The molecule has 0 fully saturated rings. The van der Waals surface area contributed by atoms with Gasteiger partial charge in [-0.1, -0.05) is 0 Å². The second-order valence-corrected chi connectivity index (χ2v) is 0. The molecule has 0 aliphatic carbocycles. The minimum absolute atomic E-state index is 0. The third-order valence-electron chi connectivity index (χ3n) is 0. The largest absolute Gasteiger partial charge is 0.261 e. The van der Waals surface area contributed by atoms with Crippen molar-refractivity contribution in [1.29, 1.82) is 0 Å². The van der Waals surface area contributed by atoms with Gasteiger partial charge in [0.25, 0.3) is 9.12 Å². The van der Waals surface area contributed by atoms with Crippen LogP contribution < -0.4 is 0 Å². The average Bonchev–Trinajstić information content (AvgIpc) is 1.00. The molecule has 0 N–H and O–H groups in total. The molecular formula is AlFeOPTi. The van der Waals surface area contributed by atoms with E-state index in [1.807, 2.05) is 0 Å². The zero-order valence-corrected chi connectivity index (χ0v) is 7.00. The van der Waals surface area contributed by atoms with Crippen LogP contribution in [0.5, 0.6) is 0 Å². The summed E-state index contributed by atoms with van der Waals surface area (Å²) in [6.45, 7) is 0. The van der Waals surface area contributed by atoms with Gasteiger partial charge in [-0.15, -0.1) is 0 Å². The van der Waals surface area contributed by atoms with Crippen molar-refractivity contribution >= 4 is 26.5 Å². The van der Waals surface area contributed by atoms with E-state index in [4.69, 9.17) is 4.57 Å². The van der Waals surface area contributed by atoms with Crippen LogP contribution in [-0.2, 0) is 43.4 Å². The molecule has 0 aliphatic rings. The molecule has 5 heteroatoms. The van der Waals surface area contributed by atoms with Crippen molar-refractivity contribution in [2.24, 2.45) is 0 Å². The molecule has 26 valence electrons. The molecule has 0 aliphatic heterocycles. The first-order valence-electron chi connectivity index (χ1n) is 0.183. The zero-order chi connectivity index (χ0) is 2.00. The summed E-state index contributed by atoms with van der Waals surface area (Å²) in [4.78, 5) is 0. The monoisotopic (exact) mass is 178 g/mol. The second kappa shape index (κ2) is 39.9. The Bertz CT molecular complexity index is 11.6. The van der Waals surface area contributed by atoms with E-state index in [0.717, 1.165) is 0 Å². The molecule has 4 radical (unpaired) electrons. The van der Waals surface area contributed by atoms with Crippen LogP contribution >= 0.6 is 9.12 Å². The van der Waals surface area contributed by atoms with Crippen LogP contribution in [0.2, 0.25) is 0 Å². The Balaban J connectivity index is -0.00000000167. The topological polar surface area (TPSA) is 17.1 Å². The minimum Gasteiger partial charge on any atom is -0.261 e. The third kappa shape index (κ3) is 25.2. The molecule has 1 nitrogen and oxygen atoms in total. The predicted octanol–water partition coefficient (Wildman–Crippen LogP) is 0.357. The summed E-state index contributed by atoms with van der Waals surface area (Å²) >= 11 is 0. The van der Waals surface area contributed by atoms with Crippen molar-refractivity contribution in [2.75, 3.05) is 0 Å². The summed E-state index contributed by atoms with van der Waals surface area (Å²) in [6, 6.07) is 0. The molecule has 0 aromatic heterocycles. The molecule has 0 amide bonds. The molecule has 0 rings (SSSR count). The van der Waals surface area contributed by atoms with Crippen LogP contribution in [0.15, 0.2) is 0 Å². The second-order valence-electron chi connectivity index (χ2n) is 0. The Kier molecular flexibility index (Phi) is 229. The van der Waals surface area contributed by atoms with Gasteiger partial charge in [0.05, 0.1) is 0 Å². The summed E-state index contributed by atoms with van der Waals surface area (Å²) in [5, 5.41) is 0. The summed E-state index contributed by atoms with van der Waals surface area (Å²) in [5.74, 6) is 0. The Morgan fingerprint density at radius 2 is 1.20 bits per heavy atom. The normalized spacial score (nSPS) is 0.800. The van der Waals surface area contributed by atoms with Gasteiger partial charge < -0.3 is 0 Å². The molecule has 0 saturated heterocycles. The van der Waals surface area contributed by atoms with Gasteiger partial charge in [-0.2, -0.15) is 0 Å². The van der Waals surface area contributed by atoms with Crippen LogP contribution in [0.25, 0.3) is 0 Å². The standard InChI is InChI=1S/Al.Fe.OP.Ti/c;;1-2;. The van der Waals surface area contributed by atoms with Crippen LogP contribution in [0.3, 0.4) is 0 Å². The van der Waals surface area contributed by atoms with E-state index in [9.17, 15) is 0 Å². The van der Waals surface area contributed by atoms with Gasteiger partial charge in [-0.25, -0.2) is 0 Å². The predicted molar refractivity (Wildman–Crippen MR) is 13.4 cm³/mol. The Hall–Kier alpha value is 1.87. The van der Waals surface area contributed by atoms with Crippen molar-refractivity contribution in [2.45, 2.75) is 0 Å². The number of rotatable bonds is 0. The van der Waals surface area contributed by atoms with E-state index >= 15 is 0 Å². The molecule has 0 unspecified atom stereocenters. The van der Waals surface area contributed by atoms with Gasteiger partial charge in [0.15, 0.2) is 0 Å². The molecule has 0 spiro atoms. The first-order chi connectivity index (χ1) is 1.00. The van der Waals surface area contributed by atoms with E-state index in [1.165, 1.54) is 0 Å². The van der Waals surface area contributed by atoms with E-state index < -0.39 is 0 Å². The smallest absolute Gasteiger partial charge is 0.261 e. The number of hydrogen-bond donors (Lipinski definition) is 0. The van der Waals surface area contributed by atoms with Gasteiger partial charge in [0.1, 0.15) is 0 Å². The fourth-order valence-electron chi connectivity index (χ4n) is 0. The van der Waals surface area contributed by atoms with Crippen molar-refractivity contribution < 1.29 is 43.4 Å². The third-order valence-corrected chi connectivity index (χ3v) is 0. The molecule has 5 heavy (non-hydrogen) atoms. The van der Waals surface area contributed by atoms with Crippen molar-refractivity contribution in [3.63, 3.8) is 0 Å². The first-order valence-corrected chi connectivity index (χ1v) is 0.548. The number of hydrogen-bond acceptors (Lipinski definition) is 1. The van der Waals surface area contributed by atoms with E-state index in [2.05, 4.69) is 9.12 Å². The van der Waals surface area contributed by atoms with E-state index in [0.29, 0.717) is 0 Å². The fourth-order valence-corrected chi connectivity index (χ4v) is 0.